The Bertz CT molecular complexity index is 300. The number of anilines is 2. The molecule has 0 atom stereocenters. The first kappa shape index (κ1) is 12.1. The first-order chi connectivity index (χ1) is 7.15. The minimum absolute atomic E-state index is 0.456. The lowest BCUT2D eigenvalue weighted by Crippen LogP contribution is -2.16. The van der Waals surface area contributed by atoms with Gasteiger partial charge in [-0.3, -0.25) is 0 Å². The van der Waals surface area contributed by atoms with Crippen molar-refractivity contribution in [3.05, 3.63) is 0 Å². The number of methoxy groups -OCH3 is 1. The Hall–Kier alpha value is -1.01. The highest BCUT2D eigenvalue weighted by molar-refractivity contribution is 7.11. The summed E-state index contributed by atoms with van der Waals surface area (Å²) in [6.45, 7) is 1.96. The molecular formula is C9H18N4OS. The van der Waals surface area contributed by atoms with E-state index in [0.717, 1.165) is 24.5 Å². The van der Waals surface area contributed by atoms with Crippen LogP contribution >= 0.6 is 11.5 Å². The van der Waals surface area contributed by atoms with E-state index in [2.05, 4.69) is 28.7 Å². The number of nitrogens with one attached hydrogen (secondary N) is 1. The Morgan fingerprint density at radius 2 is 2.27 bits per heavy atom. The summed E-state index contributed by atoms with van der Waals surface area (Å²) in [5.74, 6) is 1.11. The number of ether oxygens (including phenoxy) is 1. The molecule has 0 aliphatic carbocycles. The molecular weight excluding hydrogens is 212 g/mol. The van der Waals surface area contributed by atoms with Crippen LogP contribution in [0.5, 0.6) is 5.75 Å². The van der Waals surface area contributed by atoms with Gasteiger partial charge in [0, 0.05) is 6.54 Å². The number of rotatable bonds is 6. The maximum Gasteiger partial charge on any atom is 0.197 e. The smallest absolute Gasteiger partial charge is 0.197 e. The van der Waals surface area contributed by atoms with Gasteiger partial charge in [0.05, 0.1) is 7.11 Å². The largest absolute Gasteiger partial charge is 0.490 e. The van der Waals surface area contributed by atoms with Crippen LogP contribution in [0.4, 0.5) is 10.8 Å². The molecule has 86 valence electrons. The van der Waals surface area contributed by atoms with Crippen LogP contribution < -0.4 is 15.8 Å². The molecule has 0 spiro atoms. The van der Waals surface area contributed by atoms with Gasteiger partial charge in [0.15, 0.2) is 16.6 Å². The summed E-state index contributed by atoms with van der Waals surface area (Å²) in [4.78, 5) is 2.15. The third kappa shape index (κ3) is 3.56. The van der Waals surface area contributed by atoms with E-state index in [4.69, 9.17) is 10.5 Å². The molecule has 0 saturated carbocycles. The van der Waals surface area contributed by atoms with Gasteiger partial charge in [-0.1, -0.05) is 0 Å². The van der Waals surface area contributed by atoms with E-state index in [9.17, 15) is 0 Å². The third-order valence-corrected chi connectivity index (χ3v) is 2.75. The molecule has 6 heteroatoms. The molecule has 1 aromatic rings. The summed E-state index contributed by atoms with van der Waals surface area (Å²) < 4.78 is 9.17. The number of nitrogens with two attached hydrogens (primary N) is 1. The van der Waals surface area contributed by atoms with Gasteiger partial charge in [0.25, 0.3) is 0 Å². The lowest BCUT2D eigenvalue weighted by molar-refractivity contribution is 0.404. The Morgan fingerprint density at radius 1 is 1.53 bits per heavy atom. The molecule has 0 unspecified atom stereocenters. The first-order valence-electron chi connectivity index (χ1n) is 4.83. The molecule has 0 aliphatic heterocycles. The van der Waals surface area contributed by atoms with Crippen molar-refractivity contribution in [1.29, 1.82) is 0 Å². The van der Waals surface area contributed by atoms with Crippen LogP contribution in [0.15, 0.2) is 0 Å². The summed E-state index contributed by atoms with van der Waals surface area (Å²) in [5.41, 5.74) is 5.63. The predicted molar refractivity (Wildman–Crippen MR) is 64.7 cm³/mol. The van der Waals surface area contributed by atoms with Gasteiger partial charge >= 0.3 is 0 Å². The molecule has 0 aromatic carbocycles. The lowest BCUT2D eigenvalue weighted by Gasteiger charge is -2.10. The number of hydrogen-bond donors (Lipinski definition) is 2. The molecule has 0 aliphatic rings. The fraction of sp³-hybridized carbons (Fsp3) is 0.667. The number of nitrogens with zero attached hydrogens (tertiary/aromatic N) is 2. The maximum absolute atomic E-state index is 5.63. The average molecular weight is 230 g/mol. The lowest BCUT2D eigenvalue weighted by atomic mass is 10.4. The van der Waals surface area contributed by atoms with E-state index in [1.807, 2.05) is 0 Å². The molecule has 1 aromatic heterocycles. The predicted octanol–water partition coefficient (Wildman–Crippen LogP) is 1.10. The molecule has 1 rings (SSSR count). The van der Waals surface area contributed by atoms with E-state index in [1.54, 1.807) is 7.11 Å². The maximum atomic E-state index is 5.63. The number of nitrogen functional groups attached to an aromatic ring is 1. The second-order valence-corrected chi connectivity index (χ2v) is 4.29. The number of aromatic nitrogens is 1. The summed E-state index contributed by atoms with van der Waals surface area (Å²) in [7, 11) is 5.72. The SMILES string of the molecule is COc1c(N)nsc1NCCCN(C)C. The Labute approximate surface area is 94.4 Å². The van der Waals surface area contributed by atoms with Crippen LogP contribution in [0.1, 0.15) is 6.42 Å². The van der Waals surface area contributed by atoms with Crippen molar-refractivity contribution in [2.75, 3.05) is 45.3 Å². The molecule has 0 fully saturated rings. The van der Waals surface area contributed by atoms with Gasteiger partial charge in [0.2, 0.25) is 0 Å². The zero-order valence-electron chi connectivity index (χ0n) is 9.41. The first-order valence-corrected chi connectivity index (χ1v) is 5.60. The molecule has 5 nitrogen and oxygen atoms in total. The molecule has 3 N–H and O–H groups in total. The number of hydrogen-bond acceptors (Lipinski definition) is 6. The quantitative estimate of drug-likeness (QED) is 0.716. The van der Waals surface area contributed by atoms with Gasteiger partial charge in [0.1, 0.15) is 0 Å². The fourth-order valence-electron chi connectivity index (χ4n) is 1.20. The minimum atomic E-state index is 0.456. The zero-order valence-corrected chi connectivity index (χ0v) is 10.2. The Kier molecular flexibility index (Phi) is 4.64. The summed E-state index contributed by atoms with van der Waals surface area (Å²) >= 11 is 1.33. The Balaban J connectivity index is 2.37. The summed E-state index contributed by atoms with van der Waals surface area (Å²) in [5, 5.41) is 4.18. The summed E-state index contributed by atoms with van der Waals surface area (Å²) in [6, 6.07) is 0. The molecule has 0 saturated heterocycles. The Morgan fingerprint density at radius 3 is 2.87 bits per heavy atom. The topological polar surface area (TPSA) is 63.4 Å². The van der Waals surface area contributed by atoms with Crippen molar-refractivity contribution >= 4 is 22.4 Å². The highest BCUT2D eigenvalue weighted by Gasteiger charge is 2.10. The van der Waals surface area contributed by atoms with E-state index < -0.39 is 0 Å². The van der Waals surface area contributed by atoms with E-state index in [1.165, 1.54) is 11.5 Å². The highest BCUT2D eigenvalue weighted by Crippen LogP contribution is 2.34. The van der Waals surface area contributed by atoms with Crippen LogP contribution in [0, 0.1) is 0 Å². The fourth-order valence-corrected chi connectivity index (χ4v) is 1.91. The normalized spacial score (nSPS) is 10.7. The van der Waals surface area contributed by atoms with Crippen molar-refractivity contribution in [1.82, 2.24) is 9.27 Å². The van der Waals surface area contributed by atoms with Gasteiger partial charge in [-0.05, 0) is 38.6 Å². The van der Waals surface area contributed by atoms with Gasteiger partial charge in [-0.2, -0.15) is 4.37 Å². The van der Waals surface area contributed by atoms with Crippen LogP contribution in [-0.2, 0) is 0 Å². The minimum Gasteiger partial charge on any atom is -0.490 e. The summed E-state index contributed by atoms with van der Waals surface area (Å²) in [6.07, 6.45) is 1.08. The van der Waals surface area contributed by atoms with Gasteiger partial charge in [-0.25, -0.2) is 0 Å². The van der Waals surface area contributed by atoms with Crippen LogP contribution in [-0.4, -0.2) is 43.6 Å². The van der Waals surface area contributed by atoms with Crippen LogP contribution in [0.2, 0.25) is 0 Å². The van der Waals surface area contributed by atoms with Crippen LogP contribution in [0.3, 0.4) is 0 Å². The monoisotopic (exact) mass is 230 g/mol. The van der Waals surface area contributed by atoms with E-state index >= 15 is 0 Å². The molecule has 1 heterocycles. The second kappa shape index (κ2) is 5.77. The van der Waals surface area contributed by atoms with Crippen molar-refractivity contribution < 1.29 is 4.74 Å². The van der Waals surface area contributed by atoms with Crippen molar-refractivity contribution in [2.24, 2.45) is 0 Å². The van der Waals surface area contributed by atoms with E-state index in [0.29, 0.717) is 11.6 Å². The van der Waals surface area contributed by atoms with Crippen molar-refractivity contribution in [2.45, 2.75) is 6.42 Å². The van der Waals surface area contributed by atoms with Crippen LogP contribution in [0.25, 0.3) is 0 Å². The molecule has 15 heavy (non-hydrogen) atoms. The standard InChI is InChI=1S/C9H18N4OS/c1-13(2)6-4-5-11-9-7(14-3)8(10)12-15-9/h11H,4-6H2,1-3H3,(H2,10,12). The molecule has 0 radical (unpaired) electrons. The van der Waals surface area contributed by atoms with Crippen molar-refractivity contribution in [3.63, 3.8) is 0 Å². The zero-order chi connectivity index (χ0) is 11.3. The average Bonchev–Trinajstić information content (AvgIpc) is 2.53. The van der Waals surface area contributed by atoms with E-state index in [-0.39, 0.29) is 0 Å². The third-order valence-electron chi connectivity index (χ3n) is 1.95. The van der Waals surface area contributed by atoms with Crippen molar-refractivity contribution in [3.8, 4) is 5.75 Å². The highest BCUT2D eigenvalue weighted by atomic mass is 32.1. The molecule has 0 amide bonds. The van der Waals surface area contributed by atoms with Gasteiger partial charge in [-0.15, -0.1) is 0 Å². The molecule has 0 bridgehead atoms. The second-order valence-electron chi connectivity index (χ2n) is 3.51. The van der Waals surface area contributed by atoms with Gasteiger partial charge < -0.3 is 20.7 Å².